The monoisotopic (exact) mass is 507 g/mol. The van der Waals surface area contributed by atoms with Crippen LogP contribution < -0.4 is 0 Å². The van der Waals surface area contributed by atoms with Crippen LogP contribution in [0.4, 0.5) is 0 Å². The summed E-state index contributed by atoms with van der Waals surface area (Å²) in [7, 11) is 0. The van der Waals surface area contributed by atoms with Crippen molar-refractivity contribution in [2.24, 2.45) is 4.99 Å². The van der Waals surface area contributed by atoms with Gasteiger partial charge in [-0.25, -0.2) is 9.97 Å². The fourth-order valence-electron chi connectivity index (χ4n) is 5.24. The number of nitrogens with zero attached hydrogens (tertiary/aromatic N) is 3. The van der Waals surface area contributed by atoms with Gasteiger partial charge in [0, 0.05) is 28.3 Å². The molecule has 3 nitrogen and oxygen atoms in total. The molecule has 0 saturated carbocycles. The smallest absolute Gasteiger partial charge is 0.160 e. The Morgan fingerprint density at radius 3 is 1.82 bits per heavy atom. The van der Waals surface area contributed by atoms with Gasteiger partial charge in [-0.3, -0.25) is 4.99 Å². The highest BCUT2D eigenvalue weighted by Crippen LogP contribution is 2.34. The van der Waals surface area contributed by atoms with Crippen LogP contribution in [0.25, 0.3) is 33.8 Å². The molecule has 6 rings (SSSR count). The normalized spacial score (nSPS) is 15.1. The average Bonchev–Trinajstić information content (AvgIpc) is 3.02. The Hall–Kier alpha value is -4.37. The van der Waals surface area contributed by atoms with E-state index in [2.05, 4.69) is 122 Å². The molecule has 3 aromatic carbocycles. The van der Waals surface area contributed by atoms with Gasteiger partial charge in [-0.05, 0) is 48.4 Å². The molecule has 192 valence electrons. The first-order valence-electron chi connectivity index (χ1n) is 13.8. The van der Waals surface area contributed by atoms with Crippen LogP contribution in [0.1, 0.15) is 62.0 Å². The molecule has 39 heavy (non-hydrogen) atoms. The second kappa shape index (κ2) is 10.8. The van der Waals surface area contributed by atoms with E-state index in [4.69, 9.17) is 9.97 Å². The second-order valence-corrected chi connectivity index (χ2v) is 10.7. The molecular formula is C36H33N3. The van der Waals surface area contributed by atoms with E-state index in [0.29, 0.717) is 0 Å². The summed E-state index contributed by atoms with van der Waals surface area (Å²) in [5.41, 5.74) is 9.83. The summed E-state index contributed by atoms with van der Waals surface area (Å²) < 4.78 is 0. The van der Waals surface area contributed by atoms with Gasteiger partial charge in [-0.15, -0.1) is 0 Å². The van der Waals surface area contributed by atoms with Gasteiger partial charge in [0.1, 0.15) is 0 Å². The first-order valence-corrected chi connectivity index (χ1v) is 13.8. The summed E-state index contributed by atoms with van der Waals surface area (Å²) in [6.07, 6.45) is 15.0. The Labute approximate surface area is 231 Å². The third kappa shape index (κ3) is 5.31. The maximum absolute atomic E-state index is 5.01. The molecule has 0 N–H and O–H groups in total. The molecule has 1 aliphatic heterocycles. The van der Waals surface area contributed by atoms with E-state index in [1.165, 1.54) is 16.7 Å². The lowest BCUT2D eigenvalue weighted by Crippen LogP contribution is -2.18. The highest BCUT2D eigenvalue weighted by atomic mass is 14.9. The lowest BCUT2D eigenvalue weighted by Gasteiger charge is -2.26. The predicted molar refractivity (Wildman–Crippen MR) is 164 cm³/mol. The van der Waals surface area contributed by atoms with Crippen LogP contribution in [-0.2, 0) is 5.41 Å². The Kier molecular flexibility index (Phi) is 6.89. The van der Waals surface area contributed by atoms with E-state index in [1.54, 1.807) is 0 Å². The fourth-order valence-corrected chi connectivity index (χ4v) is 5.24. The minimum absolute atomic E-state index is 0.134. The first-order chi connectivity index (χ1) is 19.1. The van der Waals surface area contributed by atoms with Crippen molar-refractivity contribution in [1.82, 2.24) is 9.97 Å². The molecule has 0 amide bonds. The van der Waals surface area contributed by atoms with Crippen LogP contribution in [0.2, 0.25) is 0 Å². The van der Waals surface area contributed by atoms with Crippen molar-refractivity contribution in [1.29, 1.82) is 0 Å². The molecule has 0 saturated heterocycles. The third-order valence-electron chi connectivity index (χ3n) is 7.72. The van der Waals surface area contributed by atoms with Crippen LogP contribution >= 0.6 is 0 Å². The Morgan fingerprint density at radius 1 is 0.615 bits per heavy atom. The summed E-state index contributed by atoms with van der Waals surface area (Å²) >= 11 is 0. The standard InChI is InChI=1S/C36H33N3/c1-36(2,30-20-16-27(17-21-30)32-15-9-10-24-37-32)31-22-18-28(19-23-31)34-25-33(26-11-5-3-6-12-26)38-35(39-34)29-13-7-4-8-14-29/h3,5-7,11-25H,4,8-10H2,1-2H3. The van der Waals surface area contributed by atoms with E-state index >= 15 is 0 Å². The molecular weight excluding hydrogens is 474 g/mol. The zero-order valence-corrected chi connectivity index (χ0v) is 22.6. The van der Waals surface area contributed by atoms with Crippen LogP contribution in [0.15, 0.2) is 114 Å². The molecule has 3 heteroatoms. The van der Waals surface area contributed by atoms with Crippen LogP contribution in [0.5, 0.6) is 0 Å². The number of hydrogen-bond donors (Lipinski definition) is 0. The number of rotatable bonds is 6. The lowest BCUT2D eigenvalue weighted by atomic mass is 9.77. The van der Waals surface area contributed by atoms with E-state index < -0.39 is 0 Å². The predicted octanol–water partition coefficient (Wildman–Crippen LogP) is 9.08. The average molecular weight is 508 g/mol. The van der Waals surface area contributed by atoms with Crippen molar-refractivity contribution >= 4 is 17.5 Å². The van der Waals surface area contributed by atoms with Crippen LogP contribution in [-0.4, -0.2) is 16.2 Å². The summed E-state index contributed by atoms with van der Waals surface area (Å²) in [6.45, 7) is 4.57. The minimum Gasteiger partial charge on any atom is -0.261 e. The number of hydrogen-bond acceptors (Lipinski definition) is 3. The van der Waals surface area contributed by atoms with Gasteiger partial charge in [0.15, 0.2) is 5.82 Å². The van der Waals surface area contributed by atoms with Crippen molar-refractivity contribution in [3.05, 3.63) is 132 Å². The van der Waals surface area contributed by atoms with E-state index in [9.17, 15) is 0 Å². The number of benzene rings is 3. The maximum atomic E-state index is 5.01. The SMILES string of the molecule is CC(C)(c1ccc(C2=CCCC=N2)cc1)c1ccc(-c2cc(-c3ccccc3)nc(C3=CCCC=C3)n2)cc1. The Morgan fingerprint density at radius 2 is 1.23 bits per heavy atom. The molecule has 0 spiro atoms. The van der Waals surface area contributed by atoms with E-state index in [0.717, 1.165) is 65.3 Å². The third-order valence-corrected chi connectivity index (χ3v) is 7.72. The largest absolute Gasteiger partial charge is 0.261 e. The fraction of sp³-hybridized carbons (Fsp3) is 0.194. The van der Waals surface area contributed by atoms with Gasteiger partial charge in [-0.1, -0.05) is 117 Å². The van der Waals surface area contributed by atoms with Gasteiger partial charge in [0.25, 0.3) is 0 Å². The summed E-state index contributed by atoms with van der Waals surface area (Å²) in [6, 6.07) is 30.2. The molecule has 0 radical (unpaired) electrons. The van der Waals surface area contributed by atoms with Crippen molar-refractivity contribution < 1.29 is 0 Å². The molecule has 0 unspecified atom stereocenters. The molecule has 0 bridgehead atoms. The quantitative estimate of drug-likeness (QED) is 0.261. The van der Waals surface area contributed by atoms with Gasteiger partial charge in [0.05, 0.1) is 17.1 Å². The topological polar surface area (TPSA) is 38.1 Å². The second-order valence-electron chi connectivity index (χ2n) is 10.7. The highest BCUT2D eigenvalue weighted by Gasteiger charge is 2.23. The maximum Gasteiger partial charge on any atom is 0.160 e. The molecule has 1 aromatic heterocycles. The zero-order valence-electron chi connectivity index (χ0n) is 22.6. The molecule has 0 fully saturated rings. The summed E-state index contributed by atoms with van der Waals surface area (Å²) in [5.74, 6) is 0.782. The molecule has 4 aromatic rings. The van der Waals surface area contributed by atoms with Gasteiger partial charge >= 0.3 is 0 Å². The van der Waals surface area contributed by atoms with Crippen molar-refractivity contribution in [3.8, 4) is 22.5 Å². The van der Waals surface area contributed by atoms with Gasteiger partial charge < -0.3 is 0 Å². The molecule has 2 heterocycles. The summed E-state index contributed by atoms with van der Waals surface area (Å²) in [4.78, 5) is 14.5. The molecule has 0 atom stereocenters. The lowest BCUT2D eigenvalue weighted by molar-refractivity contribution is 0.641. The zero-order chi connectivity index (χ0) is 26.7. The minimum atomic E-state index is -0.134. The van der Waals surface area contributed by atoms with E-state index in [-0.39, 0.29) is 5.41 Å². The Bertz CT molecular complexity index is 1590. The first kappa shape index (κ1) is 24.9. The number of allylic oxidation sites excluding steroid dienone is 5. The number of aliphatic imine (C=N–C) groups is 1. The molecule has 2 aliphatic rings. The highest BCUT2D eigenvalue weighted by molar-refractivity contribution is 5.77. The van der Waals surface area contributed by atoms with Crippen LogP contribution in [0.3, 0.4) is 0 Å². The van der Waals surface area contributed by atoms with Crippen molar-refractivity contribution in [3.63, 3.8) is 0 Å². The Balaban J connectivity index is 1.32. The van der Waals surface area contributed by atoms with Crippen molar-refractivity contribution in [2.75, 3.05) is 0 Å². The summed E-state index contributed by atoms with van der Waals surface area (Å²) in [5, 5.41) is 0. The van der Waals surface area contributed by atoms with Crippen LogP contribution in [0, 0.1) is 0 Å². The molecule has 1 aliphatic carbocycles. The van der Waals surface area contributed by atoms with Crippen molar-refractivity contribution in [2.45, 2.75) is 44.9 Å². The van der Waals surface area contributed by atoms with Gasteiger partial charge in [0.2, 0.25) is 0 Å². The van der Waals surface area contributed by atoms with Gasteiger partial charge in [-0.2, -0.15) is 0 Å². The van der Waals surface area contributed by atoms with E-state index in [1.807, 2.05) is 12.3 Å². The number of aromatic nitrogens is 2.